The number of alkyl halides is 1. The van der Waals surface area contributed by atoms with Gasteiger partial charge in [-0.1, -0.05) is 0 Å². The first-order valence-corrected chi connectivity index (χ1v) is 6.86. The summed E-state index contributed by atoms with van der Waals surface area (Å²) in [5, 5.41) is 19.2. The van der Waals surface area contributed by atoms with Gasteiger partial charge in [0.05, 0.1) is 12.9 Å². The van der Waals surface area contributed by atoms with Gasteiger partial charge in [0.1, 0.15) is 18.5 Å². The lowest BCUT2D eigenvalue weighted by molar-refractivity contribution is -0.0566. The molecule has 3 rings (SSSR count). The molecule has 1 aliphatic rings. The van der Waals surface area contributed by atoms with Crippen LogP contribution in [-0.2, 0) is 4.74 Å². The van der Waals surface area contributed by atoms with E-state index >= 15 is 0 Å². The van der Waals surface area contributed by atoms with Gasteiger partial charge in [-0.2, -0.15) is 0 Å². The maximum absolute atomic E-state index is 14.9. The van der Waals surface area contributed by atoms with Crippen LogP contribution in [0.3, 0.4) is 0 Å². The van der Waals surface area contributed by atoms with Gasteiger partial charge < -0.3 is 19.8 Å². The molecule has 2 aromatic heterocycles. The van der Waals surface area contributed by atoms with Crippen molar-refractivity contribution in [1.29, 1.82) is 0 Å². The lowest BCUT2D eigenvalue weighted by Gasteiger charge is -2.24. The van der Waals surface area contributed by atoms with E-state index in [0.29, 0.717) is 17.0 Å². The van der Waals surface area contributed by atoms with Gasteiger partial charge in [-0.15, -0.1) is 0 Å². The number of anilines is 1. The zero-order valence-corrected chi connectivity index (χ0v) is 12.5. The molecule has 0 amide bonds. The average Bonchev–Trinajstić information content (AvgIpc) is 2.99. The van der Waals surface area contributed by atoms with Crippen LogP contribution in [0.25, 0.3) is 11.2 Å². The monoisotopic (exact) mass is 311 g/mol. The Balaban J connectivity index is 2.10. The summed E-state index contributed by atoms with van der Waals surface area (Å²) in [7, 11) is 3.63. The zero-order chi connectivity index (χ0) is 16.1. The van der Waals surface area contributed by atoms with Crippen molar-refractivity contribution in [3.8, 4) is 0 Å². The number of aliphatic hydroxyl groups is 2. The van der Waals surface area contributed by atoms with Gasteiger partial charge in [0.2, 0.25) is 0 Å². The van der Waals surface area contributed by atoms with Crippen LogP contribution in [0.5, 0.6) is 0 Å². The highest BCUT2D eigenvalue weighted by Crippen LogP contribution is 2.42. The van der Waals surface area contributed by atoms with Gasteiger partial charge in [0, 0.05) is 14.1 Å². The summed E-state index contributed by atoms with van der Waals surface area (Å²) in [6.45, 7) is 0.764. The first-order chi connectivity index (χ1) is 10.4. The van der Waals surface area contributed by atoms with Crippen molar-refractivity contribution in [1.82, 2.24) is 19.5 Å². The first kappa shape index (κ1) is 15.1. The van der Waals surface area contributed by atoms with Crippen LogP contribution in [-0.4, -0.2) is 68.3 Å². The summed E-state index contributed by atoms with van der Waals surface area (Å²) < 4.78 is 21.8. The number of aromatic nitrogens is 4. The fraction of sp³-hybridized carbons (Fsp3) is 0.615. The molecule has 0 radical (unpaired) electrons. The Morgan fingerprint density at radius 1 is 1.41 bits per heavy atom. The van der Waals surface area contributed by atoms with Gasteiger partial charge in [-0.05, 0) is 6.92 Å². The number of hydrogen-bond donors (Lipinski definition) is 2. The van der Waals surface area contributed by atoms with Crippen LogP contribution >= 0.6 is 0 Å². The Kier molecular flexibility index (Phi) is 3.50. The highest BCUT2D eigenvalue weighted by molar-refractivity contribution is 5.83. The third kappa shape index (κ3) is 2.04. The molecule has 1 fully saturated rings. The van der Waals surface area contributed by atoms with E-state index in [4.69, 9.17) is 4.74 Å². The molecule has 120 valence electrons. The van der Waals surface area contributed by atoms with Gasteiger partial charge in [0.25, 0.3) is 0 Å². The van der Waals surface area contributed by atoms with E-state index in [1.165, 1.54) is 24.1 Å². The summed E-state index contributed by atoms with van der Waals surface area (Å²) in [4.78, 5) is 14.3. The van der Waals surface area contributed by atoms with Crippen LogP contribution in [0.15, 0.2) is 12.7 Å². The van der Waals surface area contributed by atoms with Crippen molar-refractivity contribution in [3.05, 3.63) is 12.7 Å². The van der Waals surface area contributed by atoms with Gasteiger partial charge in [0.15, 0.2) is 28.9 Å². The molecule has 0 aliphatic carbocycles. The fourth-order valence-electron chi connectivity index (χ4n) is 2.70. The Morgan fingerprint density at radius 2 is 2.14 bits per heavy atom. The van der Waals surface area contributed by atoms with Crippen LogP contribution < -0.4 is 4.90 Å². The normalized spacial score (nSPS) is 31.8. The molecule has 0 unspecified atom stereocenters. The predicted octanol–water partition coefficient (Wildman–Crippen LogP) is -0.129. The molecule has 4 atom stereocenters. The highest BCUT2D eigenvalue weighted by Gasteiger charge is 2.55. The summed E-state index contributed by atoms with van der Waals surface area (Å²) in [6, 6.07) is 0. The highest BCUT2D eigenvalue weighted by atomic mass is 19.1. The average molecular weight is 311 g/mol. The molecule has 3 heterocycles. The Morgan fingerprint density at radius 3 is 2.73 bits per heavy atom. The molecule has 22 heavy (non-hydrogen) atoms. The van der Waals surface area contributed by atoms with Crippen LogP contribution in [0, 0.1) is 0 Å². The second kappa shape index (κ2) is 5.11. The Hall–Kier alpha value is -1.84. The van der Waals surface area contributed by atoms with E-state index in [1.807, 2.05) is 14.1 Å². The number of halogens is 1. The summed E-state index contributed by atoms with van der Waals surface area (Å²) in [6.07, 6.45) is -0.793. The van der Waals surface area contributed by atoms with Crippen LogP contribution in [0.1, 0.15) is 13.2 Å². The molecular weight excluding hydrogens is 293 g/mol. The van der Waals surface area contributed by atoms with E-state index < -0.39 is 30.7 Å². The fourth-order valence-corrected chi connectivity index (χ4v) is 2.70. The topological polar surface area (TPSA) is 96.5 Å². The number of rotatable bonds is 3. The number of nitrogens with zero attached hydrogens (tertiary/aromatic N) is 5. The summed E-state index contributed by atoms with van der Waals surface area (Å²) in [5.41, 5.74) is -1.17. The number of ether oxygens (including phenoxy) is 1. The number of hydrogen-bond acceptors (Lipinski definition) is 7. The molecule has 0 aromatic carbocycles. The van der Waals surface area contributed by atoms with Crippen molar-refractivity contribution in [2.45, 2.75) is 31.0 Å². The minimum absolute atomic E-state index is 0.401. The lowest BCUT2D eigenvalue weighted by Crippen LogP contribution is -2.40. The Bertz CT molecular complexity index is 689. The summed E-state index contributed by atoms with van der Waals surface area (Å²) >= 11 is 0. The minimum atomic E-state index is -2.08. The molecule has 0 spiro atoms. The van der Waals surface area contributed by atoms with E-state index in [1.54, 1.807) is 4.90 Å². The van der Waals surface area contributed by atoms with Crippen molar-refractivity contribution < 1.29 is 19.3 Å². The SMILES string of the molecule is CN(C)c1ncnc2c1ncn2[C@@H]1O[C@H](CO)[C@@H](O)[C@@]1(C)F. The van der Waals surface area contributed by atoms with Crippen molar-refractivity contribution in [2.75, 3.05) is 25.6 Å². The van der Waals surface area contributed by atoms with Crippen molar-refractivity contribution in [2.24, 2.45) is 0 Å². The van der Waals surface area contributed by atoms with E-state index in [-0.39, 0.29) is 0 Å². The molecule has 1 saturated heterocycles. The lowest BCUT2D eigenvalue weighted by atomic mass is 9.98. The van der Waals surface area contributed by atoms with Gasteiger partial charge in [-0.25, -0.2) is 19.3 Å². The molecule has 2 aromatic rings. The minimum Gasteiger partial charge on any atom is -0.394 e. The molecule has 0 saturated carbocycles. The quantitative estimate of drug-likeness (QED) is 0.815. The van der Waals surface area contributed by atoms with E-state index in [2.05, 4.69) is 15.0 Å². The second-order valence-electron chi connectivity index (χ2n) is 5.72. The van der Waals surface area contributed by atoms with E-state index in [9.17, 15) is 14.6 Å². The zero-order valence-electron chi connectivity index (χ0n) is 12.5. The van der Waals surface area contributed by atoms with Crippen molar-refractivity contribution in [3.63, 3.8) is 0 Å². The number of fused-ring (bicyclic) bond motifs is 1. The molecule has 8 nitrogen and oxygen atoms in total. The largest absolute Gasteiger partial charge is 0.394 e. The molecule has 1 aliphatic heterocycles. The molecule has 2 N–H and O–H groups in total. The number of aliphatic hydroxyl groups excluding tert-OH is 2. The van der Waals surface area contributed by atoms with Gasteiger partial charge >= 0.3 is 0 Å². The maximum Gasteiger partial charge on any atom is 0.181 e. The van der Waals surface area contributed by atoms with Crippen molar-refractivity contribution >= 4 is 17.0 Å². The number of imidazole rings is 1. The first-order valence-electron chi connectivity index (χ1n) is 6.86. The molecule has 9 heteroatoms. The van der Waals surface area contributed by atoms with Crippen LogP contribution in [0.4, 0.5) is 10.2 Å². The maximum atomic E-state index is 14.9. The molecular formula is C13H18FN5O3. The third-order valence-electron chi connectivity index (χ3n) is 3.91. The van der Waals surface area contributed by atoms with Gasteiger partial charge in [-0.3, -0.25) is 4.57 Å². The van der Waals surface area contributed by atoms with E-state index in [0.717, 1.165) is 0 Å². The second-order valence-corrected chi connectivity index (χ2v) is 5.72. The Labute approximate surface area is 126 Å². The summed E-state index contributed by atoms with van der Waals surface area (Å²) in [5.74, 6) is 0.599. The standard InChI is InChI=1S/C13H18FN5O3/c1-13(14)9(21)7(4-20)22-12(13)19-6-17-8-10(18(2)3)15-5-16-11(8)19/h5-7,9,12,20-21H,4H2,1-3H3/t7-,9-,12-,13-/m1/s1. The third-order valence-corrected chi connectivity index (χ3v) is 3.91. The predicted molar refractivity (Wildman–Crippen MR) is 76.2 cm³/mol. The van der Waals surface area contributed by atoms with Crippen LogP contribution in [0.2, 0.25) is 0 Å². The molecule has 0 bridgehead atoms. The smallest absolute Gasteiger partial charge is 0.181 e.